The lowest BCUT2D eigenvalue weighted by molar-refractivity contribution is -0.131. The van der Waals surface area contributed by atoms with Crippen molar-refractivity contribution in [3.8, 4) is 11.4 Å². The maximum atomic E-state index is 13.3. The lowest BCUT2D eigenvalue weighted by Gasteiger charge is -2.22. The Kier molecular flexibility index (Phi) is 4.32. The first-order valence-corrected chi connectivity index (χ1v) is 9.98. The number of hydrogen-bond donors (Lipinski definition) is 1. The van der Waals surface area contributed by atoms with Crippen LogP contribution in [0.3, 0.4) is 0 Å². The van der Waals surface area contributed by atoms with Crippen molar-refractivity contribution in [1.82, 2.24) is 20.4 Å². The summed E-state index contributed by atoms with van der Waals surface area (Å²) in [6.45, 7) is 3.58. The second-order valence-corrected chi connectivity index (χ2v) is 7.84. The normalized spacial score (nSPS) is 18.6. The standard InChI is InChI=1S/C24H20N4O3/c1-15-7-3-6-10-19(15)21-25-20(31-27-21)14-28-22(29)24(2,26-23(28)30)18-12-11-16-8-4-5-9-17(16)13-18/h3-13H,14H2,1-2H3,(H,26,30)/t24-/m0/s1. The first-order valence-electron chi connectivity index (χ1n) is 9.98. The monoisotopic (exact) mass is 412 g/mol. The largest absolute Gasteiger partial charge is 0.337 e. The molecular formula is C24H20N4O3. The minimum absolute atomic E-state index is 0.0906. The number of fused-ring (bicyclic) bond motifs is 1. The van der Waals surface area contributed by atoms with Crippen molar-refractivity contribution in [2.45, 2.75) is 25.9 Å². The van der Waals surface area contributed by atoms with E-state index in [1.165, 1.54) is 0 Å². The zero-order valence-corrected chi connectivity index (χ0v) is 17.1. The van der Waals surface area contributed by atoms with E-state index in [0.29, 0.717) is 5.82 Å². The van der Waals surface area contributed by atoms with E-state index in [0.717, 1.165) is 32.4 Å². The number of urea groups is 1. The van der Waals surface area contributed by atoms with Crippen LogP contribution in [0.4, 0.5) is 4.79 Å². The van der Waals surface area contributed by atoms with E-state index in [-0.39, 0.29) is 18.3 Å². The number of rotatable bonds is 4. The van der Waals surface area contributed by atoms with Crippen LogP contribution in [0.5, 0.6) is 0 Å². The minimum atomic E-state index is -1.17. The smallest absolute Gasteiger partial charge is 0.325 e. The lowest BCUT2D eigenvalue weighted by Crippen LogP contribution is -2.40. The topological polar surface area (TPSA) is 88.3 Å². The number of nitrogens with one attached hydrogen (secondary N) is 1. The fourth-order valence-electron chi connectivity index (χ4n) is 3.92. The molecule has 4 aromatic rings. The first-order chi connectivity index (χ1) is 15.0. The third-order valence-corrected chi connectivity index (χ3v) is 5.75. The highest BCUT2D eigenvalue weighted by Crippen LogP contribution is 2.32. The zero-order chi connectivity index (χ0) is 21.6. The molecule has 0 saturated carbocycles. The molecule has 0 radical (unpaired) electrons. The third-order valence-electron chi connectivity index (χ3n) is 5.75. The van der Waals surface area contributed by atoms with Gasteiger partial charge in [-0.1, -0.05) is 65.8 Å². The van der Waals surface area contributed by atoms with Gasteiger partial charge in [-0.05, 0) is 41.8 Å². The molecule has 154 valence electrons. The third kappa shape index (κ3) is 3.15. The van der Waals surface area contributed by atoms with Crippen LogP contribution in [0.1, 0.15) is 23.9 Å². The second kappa shape index (κ2) is 7.05. The summed E-state index contributed by atoms with van der Waals surface area (Å²) in [6, 6.07) is 20.8. The summed E-state index contributed by atoms with van der Waals surface area (Å²) in [4.78, 5) is 31.4. The molecule has 0 aliphatic carbocycles. The Balaban J connectivity index is 1.42. The lowest BCUT2D eigenvalue weighted by atomic mass is 9.90. The van der Waals surface area contributed by atoms with Crippen molar-refractivity contribution in [2.24, 2.45) is 0 Å². The van der Waals surface area contributed by atoms with Gasteiger partial charge in [-0.15, -0.1) is 0 Å². The van der Waals surface area contributed by atoms with Gasteiger partial charge in [0.25, 0.3) is 5.91 Å². The van der Waals surface area contributed by atoms with Crippen molar-refractivity contribution in [3.05, 3.63) is 83.7 Å². The Hall–Kier alpha value is -4.00. The molecule has 1 saturated heterocycles. The average molecular weight is 412 g/mol. The van der Waals surface area contributed by atoms with E-state index in [4.69, 9.17) is 4.52 Å². The van der Waals surface area contributed by atoms with Gasteiger partial charge >= 0.3 is 6.03 Å². The Bertz CT molecular complexity index is 1330. The zero-order valence-electron chi connectivity index (χ0n) is 17.1. The van der Waals surface area contributed by atoms with Crippen molar-refractivity contribution in [3.63, 3.8) is 0 Å². The number of nitrogens with zero attached hydrogens (tertiary/aromatic N) is 3. The van der Waals surface area contributed by atoms with Crippen LogP contribution < -0.4 is 5.32 Å². The Morgan fingerprint density at radius 1 is 1.00 bits per heavy atom. The molecule has 31 heavy (non-hydrogen) atoms. The van der Waals surface area contributed by atoms with Crippen LogP contribution >= 0.6 is 0 Å². The van der Waals surface area contributed by atoms with Crippen LogP contribution in [0.15, 0.2) is 71.3 Å². The van der Waals surface area contributed by atoms with Crippen LogP contribution in [-0.4, -0.2) is 27.0 Å². The maximum absolute atomic E-state index is 13.3. The number of aryl methyl sites for hydroxylation is 1. The predicted molar refractivity (Wildman–Crippen MR) is 115 cm³/mol. The summed E-state index contributed by atoms with van der Waals surface area (Å²) in [5.41, 5.74) is 1.41. The van der Waals surface area contributed by atoms with Gasteiger partial charge in [0.1, 0.15) is 12.1 Å². The number of benzene rings is 3. The van der Waals surface area contributed by atoms with Crippen molar-refractivity contribution in [1.29, 1.82) is 0 Å². The number of hydrogen-bond acceptors (Lipinski definition) is 5. The van der Waals surface area contributed by atoms with Gasteiger partial charge in [0.2, 0.25) is 11.7 Å². The SMILES string of the molecule is Cc1ccccc1-c1noc(CN2C(=O)N[C@@](C)(c3ccc4ccccc4c3)C2=O)n1. The Labute approximate surface area is 178 Å². The summed E-state index contributed by atoms with van der Waals surface area (Å²) in [5, 5.41) is 8.91. The van der Waals surface area contributed by atoms with E-state index in [1.54, 1.807) is 6.92 Å². The molecule has 3 amide bonds. The summed E-state index contributed by atoms with van der Waals surface area (Å²) < 4.78 is 5.33. The summed E-state index contributed by atoms with van der Waals surface area (Å²) in [5.74, 6) is 0.269. The first kappa shape index (κ1) is 19.0. The number of carbonyl (C=O) groups excluding carboxylic acids is 2. The molecule has 3 aromatic carbocycles. The molecule has 0 bridgehead atoms. The molecule has 0 unspecified atom stereocenters. The number of amides is 3. The molecular weight excluding hydrogens is 392 g/mol. The van der Waals surface area contributed by atoms with Gasteiger partial charge in [-0.2, -0.15) is 4.98 Å². The van der Waals surface area contributed by atoms with Crippen molar-refractivity contribution >= 4 is 22.7 Å². The molecule has 7 nitrogen and oxygen atoms in total. The van der Waals surface area contributed by atoms with E-state index in [1.807, 2.05) is 73.7 Å². The van der Waals surface area contributed by atoms with E-state index < -0.39 is 11.6 Å². The van der Waals surface area contributed by atoms with Crippen LogP contribution in [0.2, 0.25) is 0 Å². The molecule has 1 aliphatic rings. The van der Waals surface area contributed by atoms with E-state index in [9.17, 15) is 9.59 Å². The number of carbonyl (C=O) groups is 2. The fourth-order valence-corrected chi connectivity index (χ4v) is 3.92. The molecule has 0 spiro atoms. The van der Waals surface area contributed by atoms with Gasteiger partial charge in [0.05, 0.1) is 0 Å². The van der Waals surface area contributed by atoms with Crippen LogP contribution in [0.25, 0.3) is 22.2 Å². The van der Waals surface area contributed by atoms with Crippen molar-refractivity contribution in [2.75, 3.05) is 0 Å². The van der Waals surface area contributed by atoms with Crippen molar-refractivity contribution < 1.29 is 14.1 Å². The fraction of sp³-hybridized carbons (Fsp3) is 0.167. The van der Waals surface area contributed by atoms with E-state index in [2.05, 4.69) is 15.5 Å². The molecule has 2 heterocycles. The average Bonchev–Trinajstić information content (AvgIpc) is 3.33. The highest BCUT2D eigenvalue weighted by atomic mass is 16.5. The van der Waals surface area contributed by atoms with Gasteiger partial charge in [0, 0.05) is 5.56 Å². The van der Waals surface area contributed by atoms with Crippen LogP contribution in [-0.2, 0) is 16.9 Å². The minimum Gasteiger partial charge on any atom is -0.337 e. The van der Waals surface area contributed by atoms with Gasteiger partial charge in [0.15, 0.2) is 0 Å². The maximum Gasteiger partial charge on any atom is 0.325 e. The molecule has 7 heteroatoms. The van der Waals surface area contributed by atoms with Gasteiger partial charge in [-0.3, -0.25) is 9.69 Å². The van der Waals surface area contributed by atoms with E-state index >= 15 is 0 Å². The van der Waals surface area contributed by atoms with Gasteiger partial charge in [-0.25, -0.2) is 4.79 Å². The molecule has 1 atom stereocenters. The summed E-state index contributed by atoms with van der Waals surface area (Å²) in [7, 11) is 0. The second-order valence-electron chi connectivity index (χ2n) is 7.84. The highest BCUT2D eigenvalue weighted by Gasteiger charge is 2.49. The summed E-state index contributed by atoms with van der Waals surface area (Å²) >= 11 is 0. The quantitative estimate of drug-likeness (QED) is 0.509. The Morgan fingerprint density at radius 3 is 2.55 bits per heavy atom. The molecule has 1 fully saturated rings. The molecule has 1 aliphatic heterocycles. The van der Waals surface area contributed by atoms with Crippen LogP contribution in [0, 0.1) is 6.92 Å². The molecule has 1 aromatic heterocycles. The molecule has 1 N–H and O–H groups in total. The number of imide groups is 1. The molecule has 5 rings (SSSR count). The summed E-state index contributed by atoms with van der Waals surface area (Å²) in [6.07, 6.45) is 0. The highest BCUT2D eigenvalue weighted by molar-refractivity contribution is 6.07. The number of aromatic nitrogens is 2. The van der Waals surface area contributed by atoms with Gasteiger partial charge < -0.3 is 9.84 Å². The Morgan fingerprint density at radius 2 is 1.74 bits per heavy atom. The predicted octanol–water partition coefficient (Wildman–Crippen LogP) is 4.17.